The van der Waals surface area contributed by atoms with E-state index >= 15 is 0 Å². The lowest BCUT2D eigenvalue weighted by molar-refractivity contribution is 0.0824. The molecule has 0 aliphatic heterocycles. The minimum absolute atomic E-state index is 0.0711. The summed E-state index contributed by atoms with van der Waals surface area (Å²) in [6, 6.07) is 10.3. The third kappa shape index (κ3) is 3.66. The van der Waals surface area contributed by atoms with Crippen molar-refractivity contribution in [3.8, 4) is 0 Å². The van der Waals surface area contributed by atoms with Gasteiger partial charge < -0.3 is 15.7 Å². The molecule has 0 bridgehead atoms. The molecule has 126 valence electrons. The van der Waals surface area contributed by atoms with Crippen molar-refractivity contribution in [2.45, 2.75) is 25.3 Å². The lowest BCUT2D eigenvalue weighted by atomic mass is 9.96. The quantitative estimate of drug-likeness (QED) is 0.754. The normalized spacial score (nSPS) is 16.2. The van der Waals surface area contributed by atoms with Gasteiger partial charge in [-0.15, -0.1) is 11.3 Å². The highest BCUT2D eigenvalue weighted by Gasteiger charge is 2.42. The first-order valence-corrected chi connectivity index (χ1v) is 8.78. The number of hydrogen-bond donors (Lipinski definition) is 3. The van der Waals surface area contributed by atoms with Gasteiger partial charge in [-0.2, -0.15) is 0 Å². The Morgan fingerprint density at radius 3 is 2.46 bits per heavy atom. The first kappa shape index (κ1) is 16.7. The summed E-state index contributed by atoms with van der Waals surface area (Å²) >= 11 is 1.38. The van der Waals surface area contributed by atoms with E-state index in [1.165, 1.54) is 11.3 Å². The molecule has 5 nitrogen and oxygen atoms in total. The fourth-order valence-corrected chi connectivity index (χ4v) is 3.25. The zero-order valence-electron chi connectivity index (χ0n) is 13.4. The number of amides is 2. The summed E-state index contributed by atoms with van der Waals surface area (Å²) in [7, 11) is 0. The van der Waals surface area contributed by atoms with Crippen molar-refractivity contribution in [2.24, 2.45) is 5.92 Å². The van der Waals surface area contributed by atoms with Crippen molar-refractivity contribution in [3.63, 3.8) is 0 Å². The van der Waals surface area contributed by atoms with Crippen molar-refractivity contribution in [1.29, 1.82) is 0 Å². The average Bonchev–Trinajstić information content (AvgIpc) is 3.31. The predicted molar refractivity (Wildman–Crippen MR) is 94.4 cm³/mol. The summed E-state index contributed by atoms with van der Waals surface area (Å²) in [5.74, 6) is -0.0332. The van der Waals surface area contributed by atoms with E-state index in [2.05, 4.69) is 10.6 Å². The zero-order chi connectivity index (χ0) is 17.2. The largest absolute Gasteiger partial charge is 0.394 e. The van der Waals surface area contributed by atoms with Gasteiger partial charge in [-0.1, -0.05) is 6.07 Å². The summed E-state index contributed by atoms with van der Waals surface area (Å²) in [6.45, 7) is 1.80. The van der Waals surface area contributed by atoms with Crippen LogP contribution < -0.4 is 10.6 Å². The van der Waals surface area contributed by atoms with Crippen LogP contribution in [0, 0.1) is 5.92 Å². The second-order valence-corrected chi connectivity index (χ2v) is 7.26. The van der Waals surface area contributed by atoms with E-state index in [0.29, 0.717) is 22.0 Å². The van der Waals surface area contributed by atoms with Crippen LogP contribution in [-0.4, -0.2) is 29.1 Å². The van der Waals surface area contributed by atoms with Crippen molar-refractivity contribution in [3.05, 3.63) is 52.2 Å². The topological polar surface area (TPSA) is 78.4 Å². The van der Waals surface area contributed by atoms with Crippen LogP contribution in [0.4, 0.5) is 5.69 Å². The number of aliphatic hydroxyl groups is 1. The number of rotatable bonds is 6. The first-order valence-electron chi connectivity index (χ1n) is 7.90. The first-order chi connectivity index (χ1) is 11.5. The molecular weight excluding hydrogens is 324 g/mol. The molecule has 1 fully saturated rings. The van der Waals surface area contributed by atoms with Crippen LogP contribution in [0.15, 0.2) is 41.8 Å². The van der Waals surface area contributed by atoms with Gasteiger partial charge in [0.2, 0.25) is 0 Å². The van der Waals surface area contributed by atoms with Crippen LogP contribution >= 0.6 is 11.3 Å². The number of anilines is 1. The number of thiophene rings is 1. The number of aliphatic hydroxyl groups excluding tert-OH is 1. The number of hydrogen-bond acceptors (Lipinski definition) is 4. The second-order valence-electron chi connectivity index (χ2n) is 6.31. The molecule has 24 heavy (non-hydrogen) atoms. The molecular formula is C18H20N2O3S. The van der Waals surface area contributed by atoms with E-state index in [1.807, 2.05) is 18.4 Å². The fraction of sp³-hybridized carbons (Fsp3) is 0.333. The fourth-order valence-electron chi connectivity index (χ4n) is 2.63. The van der Waals surface area contributed by atoms with E-state index in [4.69, 9.17) is 0 Å². The summed E-state index contributed by atoms with van der Waals surface area (Å²) in [4.78, 5) is 25.0. The molecule has 1 aromatic carbocycles. The van der Waals surface area contributed by atoms with Gasteiger partial charge in [0.25, 0.3) is 11.8 Å². The van der Waals surface area contributed by atoms with Crippen LogP contribution in [0.1, 0.15) is 39.8 Å². The molecule has 0 saturated heterocycles. The maximum Gasteiger partial charge on any atom is 0.265 e. The smallest absolute Gasteiger partial charge is 0.265 e. The molecule has 3 N–H and O–H groups in total. The third-order valence-corrected chi connectivity index (χ3v) is 5.22. The molecule has 1 atom stereocenters. The van der Waals surface area contributed by atoms with E-state index in [9.17, 15) is 14.7 Å². The van der Waals surface area contributed by atoms with Gasteiger partial charge in [0.05, 0.1) is 17.0 Å². The van der Waals surface area contributed by atoms with E-state index < -0.39 is 5.54 Å². The van der Waals surface area contributed by atoms with Crippen molar-refractivity contribution >= 4 is 28.8 Å². The molecule has 6 heteroatoms. The van der Waals surface area contributed by atoms with Gasteiger partial charge in [0.15, 0.2) is 0 Å². The maximum absolute atomic E-state index is 12.4. The Morgan fingerprint density at radius 2 is 1.92 bits per heavy atom. The molecule has 0 spiro atoms. The van der Waals surface area contributed by atoms with Gasteiger partial charge in [-0.05, 0) is 61.4 Å². The molecule has 1 aliphatic rings. The zero-order valence-corrected chi connectivity index (χ0v) is 14.2. The molecule has 1 aliphatic carbocycles. The second kappa shape index (κ2) is 6.75. The van der Waals surface area contributed by atoms with E-state index in [0.717, 1.165) is 12.8 Å². The minimum atomic E-state index is -0.566. The third-order valence-electron chi connectivity index (χ3n) is 4.36. The minimum Gasteiger partial charge on any atom is -0.394 e. The lowest BCUT2D eigenvalue weighted by Crippen LogP contribution is -2.50. The van der Waals surface area contributed by atoms with Crippen LogP contribution in [0.2, 0.25) is 0 Å². The Bertz CT molecular complexity index is 723. The molecule has 1 unspecified atom stereocenters. The van der Waals surface area contributed by atoms with Gasteiger partial charge in [-0.3, -0.25) is 9.59 Å². The molecule has 2 amide bonds. The molecule has 0 radical (unpaired) electrons. The highest BCUT2D eigenvalue weighted by molar-refractivity contribution is 7.12. The molecule has 1 heterocycles. The molecule has 3 rings (SSSR count). The molecule has 2 aromatic rings. The average molecular weight is 344 g/mol. The highest BCUT2D eigenvalue weighted by Crippen LogP contribution is 2.39. The standard InChI is InChI=1S/C18H20N2O3S/c1-18(11-21,13-6-7-13)20-16(22)12-4-8-14(9-5-12)19-17(23)15-3-2-10-24-15/h2-5,8-10,13,21H,6-7,11H2,1H3,(H,19,23)(H,20,22). The van der Waals surface area contributed by atoms with Gasteiger partial charge in [0, 0.05) is 11.3 Å². The number of benzene rings is 1. The van der Waals surface area contributed by atoms with Gasteiger partial charge >= 0.3 is 0 Å². The number of carbonyl (C=O) groups excluding carboxylic acids is 2. The summed E-state index contributed by atoms with van der Waals surface area (Å²) in [5, 5.41) is 17.1. The Balaban J connectivity index is 1.63. The van der Waals surface area contributed by atoms with Crippen LogP contribution in [0.5, 0.6) is 0 Å². The van der Waals surface area contributed by atoms with Crippen LogP contribution in [-0.2, 0) is 0 Å². The Labute approximate surface area is 144 Å². The van der Waals surface area contributed by atoms with Crippen LogP contribution in [0.25, 0.3) is 0 Å². The van der Waals surface area contributed by atoms with Crippen molar-refractivity contribution in [1.82, 2.24) is 5.32 Å². The Kier molecular flexibility index (Phi) is 4.69. The molecule has 1 saturated carbocycles. The lowest BCUT2D eigenvalue weighted by Gasteiger charge is -2.28. The number of carbonyl (C=O) groups is 2. The Morgan fingerprint density at radius 1 is 1.21 bits per heavy atom. The van der Waals surface area contributed by atoms with Crippen molar-refractivity contribution in [2.75, 3.05) is 11.9 Å². The summed E-state index contributed by atoms with van der Waals surface area (Å²) < 4.78 is 0. The van der Waals surface area contributed by atoms with E-state index in [-0.39, 0.29) is 18.4 Å². The number of nitrogens with one attached hydrogen (secondary N) is 2. The predicted octanol–water partition coefficient (Wildman–Crippen LogP) is 2.89. The SMILES string of the molecule is CC(CO)(NC(=O)c1ccc(NC(=O)c2cccs2)cc1)C1CC1. The van der Waals surface area contributed by atoms with Gasteiger partial charge in [0.1, 0.15) is 0 Å². The monoisotopic (exact) mass is 344 g/mol. The van der Waals surface area contributed by atoms with Crippen molar-refractivity contribution < 1.29 is 14.7 Å². The molecule has 1 aromatic heterocycles. The van der Waals surface area contributed by atoms with Crippen LogP contribution in [0.3, 0.4) is 0 Å². The summed E-state index contributed by atoms with van der Waals surface area (Å²) in [5.41, 5.74) is 0.574. The Hall–Kier alpha value is -2.18. The highest BCUT2D eigenvalue weighted by atomic mass is 32.1. The van der Waals surface area contributed by atoms with E-state index in [1.54, 1.807) is 30.3 Å². The maximum atomic E-state index is 12.4. The van der Waals surface area contributed by atoms with Gasteiger partial charge in [-0.25, -0.2) is 0 Å². The summed E-state index contributed by atoms with van der Waals surface area (Å²) in [6.07, 6.45) is 2.07.